The van der Waals surface area contributed by atoms with Gasteiger partial charge in [-0.05, 0) is 18.4 Å². The Morgan fingerprint density at radius 3 is 2.94 bits per heavy atom. The van der Waals surface area contributed by atoms with Gasteiger partial charge in [-0.3, -0.25) is 4.79 Å². The molecule has 17 heavy (non-hydrogen) atoms. The van der Waals surface area contributed by atoms with Crippen LogP contribution in [-0.4, -0.2) is 12.5 Å². The summed E-state index contributed by atoms with van der Waals surface area (Å²) in [5.74, 6) is 1.92. The van der Waals surface area contributed by atoms with Crippen LogP contribution in [0, 0.1) is 11.8 Å². The first-order valence-electron chi connectivity index (χ1n) is 6.28. The average Bonchev–Trinajstić information content (AvgIpc) is 3.07. The summed E-state index contributed by atoms with van der Waals surface area (Å²) in [6, 6.07) is 8.09. The van der Waals surface area contributed by atoms with Gasteiger partial charge < -0.3 is 10.1 Å². The number of carbonyl (C=O) groups is 1. The van der Waals surface area contributed by atoms with E-state index in [1.165, 1.54) is 0 Å². The second-order valence-electron chi connectivity index (χ2n) is 5.06. The zero-order valence-electron chi connectivity index (χ0n) is 9.98. The van der Waals surface area contributed by atoms with Crippen molar-refractivity contribution in [3.05, 3.63) is 29.8 Å². The highest BCUT2D eigenvalue weighted by molar-refractivity contribution is 5.82. The van der Waals surface area contributed by atoms with Crippen molar-refractivity contribution in [2.75, 3.05) is 6.61 Å². The van der Waals surface area contributed by atoms with Gasteiger partial charge in [-0.15, -0.1) is 0 Å². The Hall–Kier alpha value is -1.51. The number of hydrogen-bond acceptors (Lipinski definition) is 2. The second-order valence-corrected chi connectivity index (χ2v) is 5.06. The topological polar surface area (TPSA) is 38.3 Å². The molecule has 1 amide bonds. The maximum atomic E-state index is 11.9. The van der Waals surface area contributed by atoms with Crippen LogP contribution in [0.2, 0.25) is 0 Å². The fraction of sp³-hybridized carbons (Fsp3) is 0.500. The first-order valence-corrected chi connectivity index (χ1v) is 6.28. The van der Waals surface area contributed by atoms with Crippen molar-refractivity contribution in [3.8, 4) is 5.75 Å². The molecule has 0 radical (unpaired) electrons. The van der Waals surface area contributed by atoms with E-state index in [-0.39, 0.29) is 17.9 Å². The molecule has 0 aromatic heterocycles. The number of benzene rings is 1. The zero-order chi connectivity index (χ0) is 11.8. The summed E-state index contributed by atoms with van der Waals surface area (Å²) >= 11 is 0. The van der Waals surface area contributed by atoms with E-state index in [1.54, 1.807) is 0 Å². The van der Waals surface area contributed by atoms with Gasteiger partial charge in [0.2, 0.25) is 5.91 Å². The summed E-state index contributed by atoms with van der Waals surface area (Å²) in [6.07, 6.45) is 1.90. The lowest BCUT2D eigenvalue weighted by atomic mass is 10.0. The minimum Gasteiger partial charge on any atom is -0.493 e. The maximum Gasteiger partial charge on any atom is 0.223 e. The number of hydrogen-bond donors (Lipinski definition) is 1. The van der Waals surface area contributed by atoms with Crippen molar-refractivity contribution in [1.82, 2.24) is 5.32 Å². The van der Waals surface area contributed by atoms with Crippen LogP contribution in [0.1, 0.15) is 31.4 Å². The summed E-state index contributed by atoms with van der Waals surface area (Å²) in [5, 5.41) is 3.15. The Morgan fingerprint density at radius 1 is 1.41 bits per heavy atom. The summed E-state index contributed by atoms with van der Waals surface area (Å²) in [4.78, 5) is 11.9. The normalized spacial score (nSPS) is 30.1. The standard InChI is InChI=1S/C14H17NO2/c1-9-8-11(9)14(16)15-12-6-7-17-13-5-3-2-4-10(12)13/h2-5,9,11-12H,6-8H2,1H3,(H,15,16)/t9-,11+,12-/m1/s1. The molecule has 1 aromatic rings. The van der Waals surface area contributed by atoms with Crippen molar-refractivity contribution in [3.63, 3.8) is 0 Å². The van der Waals surface area contributed by atoms with Crippen LogP contribution in [0.25, 0.3) is 0 Å². The summed E-state index contributed by atoms with van der Waals surface area (Å²) in [7, 11) is 0. The molecule has 1 N–H and O–H groups in total. The van der Waals surface area contributed by atoms with E-state index in [0.717, 1.165) is 24.2 Å². The highest BCUT2D eigenvalue weighted by Gasteiger charge is 2.40. The van der Waals surface area contributed by atoms with Crippen LogP contribution < -0.4 is 10.1 Å². The molecule has 3 atom stereocenters. The monoisotopic (exact) mass is 231 g/mol. The lowest BCUT2D eigenvalue weighted by molar-refractivity contribution is -0.123. The molecule has 90 valence electrons. The Bertz CT molecular complexity index is 444. The maximum absolute atomic E-state index is 11.9. The van der Waals surface area contributed by atoms with E-state index in [9.17, 15) is 4.79 Å². The number of para-hydroxylation sites is 1. The van der Waals surface area contributed by atoms with Gasteiger partial charge >= 0.3 is 0 Å². The molecule has 3 nitrogen and oxygen atoms in total. The quantitative estimate of drug-likeness (QED) is 0.848. The molecule has 3 rings (SSSR count). The van der Waals surface area contributed by atoms with E-state index in [1.807, 2.05) is 24.3 Å². The molecule has 1 aliphatic heterocycles. The molecule has 0 saturated heterocycles. The lowest BCUT2D eigenvalue weighted by Crippen LogP contribution is -2.33. The van der Waals surface area contributed by atoms with Gasteiger partial charge in [0.05, 0.1) is 12.6 Å². The third-order valence-electron chi connectivity index (χ3n) is 3.72. The Kier molecular flexibility index (Phi) is 2.54. The average molecular weight is 231 g/mol. The van der Waals surface area contributed by atoms with E-state index < -0.39 is 0 Å². The van der Waals surface area contributed by atoms with E-state index in [0.29, 0.717) is 12.5 Å². The molecule has 1 fully saturated rings. The van der Waals surface area contributed by atoms with E-state index >= 15 is 0 Å². The molecule has 1 heterocycles. The molecule has 0 unspecified atom stereocenters. The molecule has 1 aromatic carbocycles. The zero-order valence-corrected chi connectivity index (χ0v) is 9.98. The Balaban J connectivity index is 1.74. The molecule has 3 heteroatoms. The third kappa shape index (κ3) is 2.02. The van der Waals surface area contributed by atoms with Gasteiger partial charge in [0, 0.05) is 17.9 Å². The summed E-state index contributed by atoms with van der Waals surface area (Å²) < 4.78 is 5.58. The number of ether oxygens (including phenoxy) is 1. The van der Waals surface area contributed by atoms with Crippen LogP contribution in [0.4, 0.5) is 0 Å². The highest BCUT2D eigenvalue weighted by atomic mass is 16.5. The Morgan fingerprint density at radius 2 is 2.18 bits per heavy atom. The first kappa shape index (κ1) is 10.6. The Labute approximate surface area is 101 Å². The van der Waals surface area contributed by atoms with Gasteiger partial charge in [-0.1, -0.05) is 25.1 Å². The van der Waals surface area contributed by atoms with E-state index in [4.69, 9.17) is 4.74 Å². The minimum absolute atomic E-state index is 0.125. The SMILES string of the molecule is C[C@@H]1C[C@@H]1C(=O)N[C@@H]1CCOc2ccccc21. The first-order chi connectivity index (χ1) is 8.25. The van der Waals surface area contributed by atoms with Crippen LogP contribution >= 0.6 is 0 Å². The number of nitrogens with one attached hydrogen (secondary N) is 1. The fourth-order valence-electron chi connectivity index (χ4n) is 2.46. The van der Waals surface area contributed by atoms with Crippen molar-refractivity contribution in [1.29, 1.82) is 0 Å². The molecular weight excluding hydrogens is 214 g/mol. The highest BCUT2D eigenvalue weighted by Crippen LogP contribution is 2.39. The second kappa shape index (κ2) is 4.06. The summed E-state index contributed by atoms with van der Waals surface area (Å²) in [6.45, 7) is 2.81. The minimum atomic E-state index is 0.125. The lowest BCUT2D eigenvalue weighted by Gasteiger charge is -2.26. The molecule has 0 bridgehead atoms. The van der Waals surface area contributed by atoms with Gasteiger partial charge in [0.25, 0.3) is 0 Å². The third-order valence-corrected chi connectivity index (χ3v) is 3.72. The number of fused-ring (bicyclic) bond motifs is 1. The van der Waals surface area contributed by atoms with Gasteiger partial charge in [-0.25, -0.2) is 0 Å². The molecular formula is C14H17NO2. The van der Waals surface area contributed by atoms with Crippen molar-refractivity contribution >= 4 is 5.91 Å². The van der Waals surface area contributed by atoms with Gasteiger partial charge in [0.15, 0.2) is 0 Å². The van der Waals surface area contributed by atoms with E-state index in [2.05, 4.69) is 12.2 Å². The van der Waals surface area contributed by atoms with Gasteiger partial charge in [0.1, 0.15) is 5.75 Å². The smallest absolute Gasteiger partial charge is 0.223 e. The van der Waals surface area contributed by atoms with Crippen LogP contribution in [0.5, 0.6) is 5.75 Å². The largest absolute Gasteiger partial charge is 0.493 e. The van der Waals surface area contributed by atoms with Crippen molar-refractivity contribution < 1.29 is 9.53 Å². The van der Waals surface area contributed by atoms with Crippen LogP contribution in [0.3, 0.4) is 0 Å². The fourth-order valence-corrected chi connectivity index (χ4v) is 2.46. The molecule has 2 aliphatic rings. The molecule has 1 saturated carbocycles. The number of amides is 1. The summed E-state index contributed by atoms with van der Waals surface area (Å²) in [5.41, 5.74) is 1.11. The van der Waals surface area contributed by atoms with Crippen LogP contribution in [0.15, 0.2) is 24.3 Å². The molecule has 0 spiro atoms. The predicted octanol–water partition coefficient (Wildman–Crippen LogP) is 2.28. The van der Waals surface area contributed by atoms with Gasteiger partial charge in [-0.2, -0.15) is 0 Å². The molecule has 1 aliphatic carbocycles. The predicted molar refractivity (Wildman–Crippen MR) is 64.7 cm³/mol. The van der Waals surface area contributed by atoms with Crippen molar-refractivity contribution in [2.24, 2.45) is 11.8 Å². The van der Waals surface area contributed by atoms with Crippen LogP contribution in [-0.2, 0) is 4.79 Å². The van der Waals surface area contributed by atoms with Crippen molar-refractivity contribution in [2.45, 2.75) is 25.8 Å². The number of carbonyl (C=O) groups excluding carboxylic acids is 1. The number of rotatable bonds is 2.